The summed E-state index contributed by atoms with van der Waals surface area (Å²) in [7, 11) is 0. The van der Waals surface area contributed by atoms with Crippen molar-refractivity contribution >= 4 is 0 Å². The minimum Gasteiger partial charge on any atom is -0.472 e. The first-order valence-corrected chi connectivity index (χ1v) is 2.97. The Balaban J connectivity index is 2.85. The molecule has 0 aromatic rings. The molecule has 0 amide bonds. The number of rotatable bonds is 0. The molecule has 1 nitrogen and oxygen atoms in total. The molecule has 0 aromatic carbocycles. The molecule has 1 aliphatic rings. The largest absolute Gasteiger partial charge is 0.472 e. The average molecular weight is 122 g/mol. The first kappa shape index (κ1) is 6.14. The number of ether oxygens (including phenoxy) is 1. The summed E-state index contributed by atoms with van der Waals surface area (Å²) >= 11 is 0. The Hall–Kier alpha value is -0.980. The van der Waals surface area contributed by atoms with E-state index in [9.17, 15) is 0 Å². The summed E-state index contributed by atoms with van der Waals surface area (Å²) in [6.07, 6.45) is 7.33. The van der Waals surface area contributed by atoms with Crippen molar-refractivity contribution in [2.45, 2.75) is 13.8 Å². The van der Waals surface area contributed by atoms with Crippen LogP contribution in [-0.2, 0) is 4.74 Å². The van der Waals surface area contributed by atoms with Gasteiger partial charge in [0, 0.05) is 0 Å². The zero-order chi connectivity index (χ0) is 6.69. The smallest absolute Gasteiger partial charge is 0.0933 e. The normalized spacial score (nSPS) is 17.6. The number of hydrogen-bond donors (Lipinski definition) is 0. The van der Waals surface area contributed by atoms with Gasteiger partial charge in [-0.25, -0.2) is 0 Å². The summed E-state index contributed by atoms with van der Waals surface area (Å²) in [5, 5.41) is 0. The summed E-state index contributed by atoms with van der Waals surface area (Å²) in [4.78, 5) is 0. The van der Waals surface area contributed by atoms with Crippen molar-refractivity contribution in [3.8, 4) is 0 Å². The van der Waals surface area contributed by atoms with Crippen LogP contribution in [0.1, 0.15) is 13.8 Å². The summed E-state index contributed by atoms with van der Waals surface area (Å²) in [6, 6.07) is 0. The van der Waals surface area contributed by atoms with Gasteiger partial charge in [-0.15, -0.1) is 0 Å². The number of allylic oxidation sites excluding steroid dienone is 4. The van der Waals surface area contributed by atoms with Crippen molar-refractivity contribution in [2.24, 2.45) is 0 Å². The van der Waals surface area contributed by atoms with Gasteiger partial charge in [-0.2, -0.15) is 0 Å². The molecule has 0 aromatic heterocycles. The fourth-order valence-electron chi connectivity index (χ4n) is 0.595. The van der Waals surface area contributed by atoms with E-state index in [0.29, 0.717) is 0 Å². The maximum atomic E-state index is 4.98. The maximum Gasteiger partial charge on any atom is 0.0933 e. The second kappa shape index (κ2) is 2.53. The Bertz CT molecular complexity index is 185. The average Bonchev–Trinajstić information content (AvgIpc) is 1.99. The van der Waals surface area contributed by atoms with Crippen LogP contribution >= 0.6 is 0 Å². The lowest BCUT2D eigenvalue weighted by Gasteiger charge is -1.94. The molecule has 9 heavy (non-hydrogen) atoms. The summed E-state index contributed by atoms with van der Waals surface area (Å²) < 4.78 is 4.98. The van der Waals surface area contributed by atoms with Crippen LogP contribution in [0.4, 0.5) is 0 Å². The first-order chi connectivity index (χ1) is 4.30. The van der Waals surface area contributed by atoms with Crippen LogP contribution in [0.5, 0.6) is 0 Å². The van der Waals surface area contributed by atoms with E-state index in [1.54, 1.807) is 12.5 Å². The summed E-state index contributed by atoms with van der Waals surface area (Å²) in [5.74, 6) is 0. The van der Waals surface area contributed by atoms with Crippen LogP contribution < -0.4 is 0 Å². The molecule has 48 valence electrons. The lowest BCUT2D eigenvalue weighted by molar-refractivity contribution is 0.400. The van der Waals surface area contributed by atoms with Crippen LogP contribution in [0.3, 0.4) is 0 Å². The highest BCUT2D eigenvalue weighted by Crippen LogP contribution is 2.10. The highest BCUT2D eigenvalue weighted by molar-refractivity contribution is 5.30. The van der Waals surface area contributed by atoms with Crippen molar-refractivity contribution < 1.29 is 4.74 Å². The van der Waals surface area contributed by atoms with E-state index in [2.05, 4.69) is 6.92 Å². The van der Waals surface area contributed by atoms with E-state index in [1.807, 2.05) is 19.1 Å². The molecule has 0 saturated heterocycles. The molecular formula is C8H10O. The third-order valence-corrected chi connectivity index (χ3v) is 1.37. The Morgan fingerprint density at radius 2 is 2.00 bits per heavy atom. The fraction of sp³-hybridized carbons (Fsp3) is 0.250. The minimum atomic E-state index is 1.18. The van der Waals surface area contributed by atoms with Crippen molar-refractivity contribution in [2.75, 3.05) is 0 Å². The van der Waals surface area contributed by atoms with Crippen molar-refractivity contribution in [3.05, 3.63) is 35.8 Å². The predicted octanol–water partition coefficient (Wildman–Crippen LogP) is 2.38. The highest BCUT2D eigenvalue weighted by Gasteiger charge is 1.92. The van der Waals surface area contributed by atoms with Gasteiger partial charge in [0.1, 0.15) is 0 Å². The van der Waals surface area contributed by atoms with E-state index < -0.39 is 0 Å². The van der Waals surface area contributed by atoms with Gasteiger partial charge in [0.2, 0.25) is 0 Å². The predicted molar refractivity (Wildman–Crippen MR) is 37.7 cm³/mol. The van der Waals surface area contributed by atoms with E-state index in [1.165, 1.54) is 11.1 Å². The van der Waals surface area contributed by atoms with E-state index in [4.69, 9.17) is 4.74 Å². The van der Waals surface area contributed by atoms with E-state index in [-0.39, 0.29) is 0 Å². The lowest BCUT2D eigenvalue weighted by atomic mass is 10.1. The van der Waals surface area contributed by atoms with Gasteiger partial charge in [-0.3, -0.25) is 0 Å². The molecule has 0 fully saturated rings. The molecule has 1 rings (SSSR count). The summed E-state index contributed by atoms with van der Waals surface area (Å²) in [5.41, 5.74) is 2.43. The van der Waals surface area contributed by atoms with Gasteiger partial charge in [0.05, 0.1) is 12.5 Å². The quantitative estimate of drug-likeness (QED) is 0.479. The van der Waals surface area contributed by atoms with Gasteiger partial charge >= 0.3 is 0 Å². The van der Waals surface area contributed by atoms with E-state index >= 15 is 0 Å². The van der Waals surface area contributed by atoms with Crippen molar-refractivity contribution in [3.63, 3.8) is 0 Å². The van der Waals surface area contributed by atoms with Crippen molar-refractivity contribution in [1.29, 1.82) is 0 Å². The standard InChI is InChI=1S/C8H10O/c1-7-4-3-5-9-6-8(7)2/h3-6H,1-2H3. The zero-order valence-corrected chi connectivity index (χ0v) is 5.72. The Morgan fingerprint density at radius 1 is 1.22 bits per heavy atom. The van der Waals surface area contributed by atoms with Gasteiger partial charge < -0.3 is 4.74 Å². The van der Waals surface area contributed by atoms with Gasteiger partial charge in [-0.1, -0.05) is 6.08 Å². The SMILES string of the molecule is CC1=CC=COC=C1C. The van der Waals surface area contributed by atoms with E-state index in [0.717, 1.165) is 0 Å². The van der Waals surface area contributed by atoms with Crippen LogP contribution in [0, 0.1) is 0 Å². The molecule has 0 spiro atoms. The molecule has 0 N–H and O–H groups in total. The molecule has 0 aliphatic carbocycles. The number of hydrogen-bond acceptors (Lipinski definition) is 1. The van der Waals surface area contributed by atoms with Gasteiger partial charge in [0.15, 0.2) is 0 Å². The lowest BCUT2D eigenvalue weighted by Crippen LogP contribution is -1.75. The minimum absolute atomic E-state index is 1.18. The molecular weight excluding hydrogens is 112 g/mol. The monoisotopic (exact) mass is 122 g/mol. The molecule has 1 heteroatoms. The summed E-state index contributed by atoms with van der Waals surface area (Å²) in [6.45, 7) is 4.09. The highest BCUT2D eigenvalue weighted by atomic mass is 16.5. The Kier molecular flexibility index (Phi) is 1.73. The molecule has 1 aliphatic heterocycles. The molecule has 0 atom stereocenters. The molecule has 1 heterocycles. The second-order valence-corrected chi connectivity index (χ2v) is 2.12. The van der Waals surface area contributed by atoms with Crippen LogP contribution in [0.2, 0.25) is 0 Å². The zero-order valence-electron chi connectivity index (χ0n) is 5.72. The molecule has 0 unspecified atom stereocenters. The molecule has 0 saturated carbocycles. The third kappa shape index (κ3) is 1.46. The van der Waals surface area contributed by atoms with Gasteiger partial charge in [0.25, 0.3) is 0 Å². The van der Waals surface area contributed by atoms with Gasteiger partial charge in [-0.05, 0) is 31.1 Å². The Morgan fingerprint density at radius 3 is 2.78 bits per heavy atom. The molecule has 0 bridgehead atoms. The molecule has 0 radical (unpaired) electrons. The topological polar surface area (TPSA) is 9.23 Å². The Labute approximate surface area is 55.3 Å². The maximum absolute atomic E-state index is 4.98. The third-order valence-electron chi connectivity index (χ3n) is 1.37. The van der Waals surface area contributed by atoms with Crippen LogP contribution in [-0.4, -0.2) is 0 Å². The van der Waals surface area contributed by atoms with Crippen molar-refractivity contribution in [1.82, 2.24) is 0 Å². The first-order valence-electron chi connectivity index (χ1n) is 2.97. The second-order valence-electron chi connectivity index (χ2n) is 2.12. The van der Waals surface area contributed by atoms with Crippen LogP contribution in [0.25, 0.3) is 0 Å². The van der Waals surface area contributed by atoms with Crippen LogP contribution in [0.15, 0.2) is 35.8 Å². The fourth-order valence-corrected chi connectivity index (χ4v) is 0.595.